The Bertz CT molecular complexity index is 2030. The zero-order chi connectivity index (χ0) is 34.3. The normalized spacial score (nSPS) is 20.6. The third kappa shape index (κ3) is 7.63. The Morgan fingerprint density at radius 3 is 1.64 bits per heavy atom. The van der Waals surface area contributed by atoms with Gasteiger partial charge < -0.3 is 28.4 Å². The second-order valence-corrected chi connectivity index (χ2v) is 12.4. The highest BCUT2D eigenvalue weighted by Gasteiger charge is 2.49. The minimum Gasteiger partial charge on any atom is -0.465 e. The Morgan fingerprint density at radius 2 is 1.06 bits per heavy atom. The molecule has 1 heterocycles. The van der Waals surface area contributed by atoms with Crippen LogP contribution in [0.2, 0.25) is 0 Å². The number of benzene rings is 6. The van der Waals surface area contributed by atoms with Crippen molar-refractivity contribution in [3.8, 4) is 0 Å². The lowest BCUT2D eigenvalue weighted by Crippen LogP contribution is -2.57. The van der Waals surface area contributed by atoms with E-state index < -0.39 is 36.7 Å². The lowest BCUT2D eigenvalue weighted by atomic mass is 9.92. The van der Waals surface area contributed by atoms with Crippen LogP contribution in [0.5, 0.6) is 0 Å². The molecule has 0 N–H and O–H groups in total. The number of hydrogen-bond acceptors (Lipinski definition) is 7. The Hall–Kier alpha value is -4.89. The van der Waals surface area contributed by atoms with Gasteiger partial charge in [-0.2, -0.15) is 0 Å². The maximum absolute atomic E-state index is 12.3. The van der Waals surface area contributed by atoms with E-state index in [1.54, 1.807) is 19.2 Å². The fourth-order valence-corrected chi connectivity index (χ4v) is 6.55. The van der Waals surface area contributed by atoms with Crippen molar-refractivity contribution in [3.63, 3.8) is 0 Å². The molecule has 0 bridgehead atoms. The van der Waals surface area contributed by atoms with Gasteiger partial charge in [-0.15, -0.1) is 0 Å². The molecule has 0 aromatic heterocycles. The van der Waals surface area contributed by atoms with Gasteiger partial charge in [0.25, 0.3) is 0 Å². The van der Waals surface area contributed by atoms with Gasteiger partial charge in [-0.3, -0.25) is 0 Å². The van der Waals surface area contributed by atoms with Crippen LogP contribution in [-0.2, 0) is 48.2 Å². The van der Waals surface area contributed by atoms with Gasteiger partial charge in [-0.25, -0.2) is 4.79 Å². The molecule has 1 fully saturated rings. The summed E-state index contributed by atoms with van der Waals surface area (Å²) in [5.74, 6) is -0.411. The molecule has 6 aromatic carbocycles. The molecule has 6 aromatic rings. The van der Waals surface area contributed by atoms with E-state index in [-0.39, 0.29) is 0 Å². The fraction of sp³-hybridized carbons (Fsp3) is 0.233. The van der Waals surface area contributed by atoms with Gasteiger partial charge in [0.2, 0.25) is 0 Å². The van der Waals surface area contributed by atoms with Crippen molar-refractivity contribution in [3.05, 3.63) is 167 Å². The molecular formula is C43H40O7. The van der Waals surface area contributed by atoms with Gasteiger partial charge >= 0.3 is 5.97 Å². The summed E-state index contributed by atoms with van der Waals surface area (Å²) in [6.45, 7) is 0.968. The van der Waals surface area contributed by atoms with Gasteiger partial charge in [-0.1, -0.05) is 115 Å². The second-order valence-electron chi connectivity index (χ2n) is 12.4. The van der Waals surface area contributed by atoms with E-state index in [1.807, 2.05) is 66.7 Å². The van der Waals surface area contributed by atoms with E-state index in [1.165, 1.54) is 7.11 Å². The highest BCUT2D eigenvalue weighted by molar-refractivity contribution is 5.89. The van der Waals surface area contributed by atoms with Crippen molar-refractivity contribution < 1.29 is 33.2 Å². The quantitative estimate of drug-likeness (QED) is 0.121. The van der Waals surface area contributed by atoms with Crippen LogP contribution in [0.1, 0.15) is 38.7 Å². The zero-order valence-electron chi connectivity index (χ0n) is 28.1. The molecule has 1 aliphatic rings. The molecular weight excluding hydrogens is 628 g/mol. The lowest BCUT2D eigenvalue weighted by Gasteiger charge is -2.45. The van der Waals surface area contributed by atoms with Gasteiger partial charge in [0, 0.05) is 7.11 Å². The number of rotatable bonds is 12. The highest BCUT2D eigenvalue weighted by atomic mass is 16.7. The van der Waals surface area contributed by atoms with Crippen molar-refractivity contribution >= 4 is 27.5 Å². The van der Waals surface area contributed by atoms with E-state index in [0.29, 0.717) is 25.4 Å². The Balaban J connectivity index is 1.24. The summed E-state index contributed by atoms with van der Waals surface area (Å²) in [4.78, 5) is 12.3. The van der Waals surface area contributed by atoms with Crippen molar-refractivity contribution in [2.24, 2.45) is 0 Å². The van der Waals surface area contributed by atoms with E-state index in [4.69, 9.17) is 28.4 Å². The average Bonchev–Trinajstić information content (AvgIpc) is 3.18. The number of carbonyl (C=O) groups is 1. The van der Waals surface area contributed by atoms with E-state index in [2.05, 4.69) is 60.7 Å². The Labute approximate surface area is 292 Å². The first-order valence-electron chi connectivity index (χ1n) is 16.8. The summed E-state index contributed by atoms with van der Waals surface area (Å²) >= 11 is 0. The molecule has 0 amide bonds. The molecule has 0 radical (unpaired) electrons. The molecule has 7 rings (SSSR count). The molecule has 1 saturated heterocycles. The number of fused-ring (bicyclic) bond motifs is 2. The molecule has 1 aliphatic heterocycles. The monoisotopic (exact) mass is 668 g/mol. The van der Waals surface area contributed by atoms with Gasteiger partial charge in [0.05, 0.1) is 32.5 Å². The lowest BCUT2D eigenvalue weighted by molar-refractivity contribution is -0.320. The van der Waals surface area contributed by atoms with Crippen LogP contribution in [0.25, 0.3) is 21.5 Å². The predicted octanol–water partition coefficient (Wildman–Crippen LogP) is 8.58. The highest BCUT2D eigenvalue weighted by Crippen LogP contribution is 2.39. The maximum atomic E-state index is 12.3. The summed E-state index contributed by atoms with van der Waals surface area (Å²) in [5.41, 5.74) is 4.32. The van der Waals surface area contributed by atoms with Gasteiger partial charge in [0.15, 0.2) is 6.29 Å². The summed E-state index contributed by atoms with van der Waals surface area (Å²) in [6.07, 6.45) is -3.23. The minimum absolute atomic E-state index is 0.314. The maximum Gasteiger partial charge on any atom is 0.337 e. The number of carbonyl (C=O) groups excluding carboxylic acids is 1. The number of methoxy groups -OCH3 is 2. The van der Waals surface area contributed by atoms with Crippen LogP contribution in [0.4, 0.5) is 0 Å². The van der Waals surface area contributed by atoms with Crippen LogP contribution < -0.4 is 0 Å². The molecule has 0 unspecified atom stereocenters. The minimum atomic E-state index is -0.772. The first-order valence-corrected chi connectivity index (χ1v) is 16.8. The number of esters is 1. The van der Waals surface area contributed by atoms with Crippen molar-refractivity contribution in [2.75, 3.05) is 14.2 Å². The first-order chi connectivity index (χ1) is 24.6. The molecule has 7 nitrogen and oxygen atoms in total. The summed E-state index contributed by atoms with van der Waals surface area (Å²) < 4.78 is 37.9. The van der Waals surface area contributed by atoms with Gasteiger partial charge in [0.1, 0.15) is 24.4 Å². The first kappa shape index (κ1) is 33.6. The van der Waals surface area contributed by atoms with Crippen molar-refractivity contribution in [1.82, 2.24) is 0 Å². The standard InChI is InChI=1S/C43H40O7/c1-45-42(44)35-22-20-34(21-23-35)38-39(47-27-30-16-18-32-12-6-8-14-36(32)24-30)40(48-28-31-17-19-33-13-7-9-15-37(33)25-31)41(43(46-2)50-38)49-26-29-10-4-3-5-11-29/h3-25,38-41,43H,26-28H2,1-2H3/t38-,39-,40+,41-,43-/m1/s1. The second kappa shape index (κ2) is 15.8. The third-order valence-electron chi connectivity index (χ3n) is 9.19. The summed E-state index contributed by atoms with van der Waals surface area (Å²) in [6, 6.07) is 46.4. The Kier molecular flexibility index (Phi) is 10.6. The smallest absolute Gasteiger partial charge is 0.337 e. The van der Waals surface area contributed by atoms with Crippen LogP contribution >= 0.6 is 0 Å². The summed E-state index contributed by atoms with van der Waals surface area (Å²) in [5, 5.41) is 4.60. The molecule has 0 aliphatic carbocycles. The van der Waals surface area contributed by atoms with Crippen molar-refractivity contribution in [1.29, 1.82) is 0 Å². The number of ether oxygens (including phenoxy) is 6. The topological polar surface area (TPSA) is 72.5 Å². The zero-order valence-corrected chi connectivity index (χ0v) is 28.1. The van der Waals surface area contributed by atoms with Crippen molar-refractivity contribution in [2.45, 2.75) is 50.5 Å². The van der Waals surface area contributed by atoms with Crippen LogP contribution in [-0.4, -0.2) is 44.8 Å². The predicted molar refractivity (Wildman–Crippen MR) is 192 cm³/mol. The van der Waals surface area contributed by atoms with Crippen LogP contribution in [0.3, 0.4) is 0 Å². The van der Waals surface area contributed by atoms with E-state index >= 15 is 0 Å². The van der Waals surface area contributed by atoms with Crippen LogP contribution in [0.15, 0.2) is 140 Å². The average molecular weight is 669 g/mol. The molecule has 5 atom stereocenters. The van der Waals surface area contributed by atoms with Crippen LogP contribution in [0, 0.1) is 0 Å². The largest absolute Gasteiger partial charge is 0.465 e. The molecule has 7 heteroatoms. The van der Waals surface area contributed by atoms with Gasteiger partial charge in [-0.05, 0) is 68.1 Å². The molecule has 0 spiro atoms. The number of hydrogen-bond donors (Lipinski definition) is 0. The Morgan fingerprint density at radius 1 is 0.540 bits per heavy atom. The SMILES string of the molecule is COC(=O)c1ccc([C@H]2O[C@@H](OC)[C@H](OCc3ccccc3)[C@@H](OCc3ccc4ccccc4c3)[C@@H]2OCc2ccc3ccccc3c2)cc1. The third-order valence-corrected chi connectivity index (χ3v) is 9.19. The summed E-state index contributed by atoms with van der Waals surface area (Å²) in [7, 11) is 2.98. The molecule has 0 saturated carbocycles. The van der Waals surface area contributed by atoms with E-state index in [0.717, 1.165) is 43.8 Å². The molecule has 50 heavy (non-hydrogen) atoms. The fourth-order valence-electron chi connectivity index (χ4n) is 6.55. The molecule has 254 valence electrons. The van der Waals surface area contributed by atoms with E-state index in [9.17, 15) is 4.79 Å².